The van der Waals surface area contributed by atoms with Crippen molar-refractivity contribution in [1.29, 1.82) is 0 Å². The molecule has 0 unspecified atom stereocenters. The normalized spacial score (nSPS) is 2.67. The van der Waals surface area contributed by atoms with Crippen LogP contribution in [0.5, 0.6) is 0 Å². The van der Waals surface area contributed by atoms with Gasteiger partial charge in [0.15, 0.2) is 0 Å². The van der Waals surface area contributed by atoms with E-state index in [0.29, 0.717) is 0 Å². The molecule has 0 aromatic carbocycles. The molecule has 0 spiro atoms. The van der Waals surface area contributed by atoms with Gasteiger partial charge in [0, 0.05) is 32.7 Å². The van der Waals surface area contributed by atoms with Gasteiger partial charge in [-0.15, -0.1) is 10.1 Å². The van der Waals surface area contributed by atoms with Crippen LogP contribution in [0.3, 0.4) is 0 Å². The summed E-state index contributed by atoms with van der Waals surface area (Å²) in [5, 5.41) is 13.6. The van der Waals surface area contributed by atoms with Crippen molar-refractivity contribution in [1.82, 2.24) is 0 Å². The minimum absolute atomic E-state index is 0. The van der Waals surface area contributed by atoms with E-state index >= 15 is 0 Å². The van der Waals surface area contributed by atoms with E-state index in [1.807, 2.05) is 0 Å². The minimum Gasteiger partial charge on any atom is -0.412 e. The number of nitrogens with zero attached hydrogens (tertiary/aromatic N) is 1. The second-order valence-corrected chi connectivity index (χ2v) is 0.238. The average Bonchev–Trinajstić information content (AvgIpc) is 0.811. The van der Waals surface area contributed by atoms with Crippen molar-refractivity contribution in [2.45, 2.75) is 0 Å². The summed E-state index contributed by atoms with van der Waals surface area (Å²) in [6.07, 6.45) is 0. The molecule has 0 heterocycles. The van der Waals surface area contributed by atoms with Crippen molar-refractivity contribution in [3.8, 4) is 0 Å². The van der Waals surface area contributed by atoms with Crippen LogP contribution in [0, 0.1) is 10.1 Å². The molecule has 0 aliphatic rings. The molecule has 0 aliphatic carbocycles. The molecule has 0 saturated carbocycles. The average molecular weight is 224 g/mol. The third-order valence-corrected chi connectivity index (χ3v) is 0. The summed E-state index contributed by atoms with van der Waals surface area (Å²) >= 11 is 0. The summed E-state index contributed by atoms with van der Waals surface area (Å²) in [4.78, 5) is 8.36. The number of hydrogen-bond acceptors (Lipinski definition) is 2. The largest absolute Gasteiger partial charge is 0.412 e. The van der Waals surface area contributed by atoms with Crippen molar-refractivity contribution in [3.63, 3.8) is 0 Å². The third kappa shape index (κ3) is 14800. The maximum absolute atomic E-state index is 8.36. The molecule has 1 radical (unpaired) electrons. The fourth-order valence-corrected chi connectivity index (χ4v) is 0. The standard InChI is InChI=1S/HNO3.4H2O.Y/c2-1(3)4;;;;;/h(H,2,3,4);4*1H2;. The van der Waals surface area contributed by atoms with Crippen molar-refractivity contribution < 1.29 is 64.9 Å². The summed E-state index contributed by atoms with van der Waals surface area (Å²) in [7, 11) is 0. The van der Waals surface area contributed by atoms with Crippen LogP contribution in [0.15, 0.2) is 0 Å². The van der Waals surface area contributed by atoms with E-state index in [-0.39, 0.29) is 54.6 Å². The van der Waals surface area contributed by atoms with Crippen LogP contribution < -0.4 is 0 Å². The van der Waals surface area contributed by atoms with Crippen LogP contribution in [-0.4, -0.2) is 32.2 Å². The van der Waals surface area contributed by atoms with Gasteiger partial charge in [-0.1, -0.05) is 0 Å². The Morgan fingerprint density at radius 1 is 1.11 bits per heavy atom. The van der Waals surface area contributed by atoms with Gasteiger partial charge in [0.05, 0.1) is 0 Å². The molecule has 59 valence electrons. The third-order valence-electron chi connectivity index (χ3n) is 0. The summed E-state index contributed by atoms with van der Waals surface area (Å²) in [5.74, 6) is 0. The van der Waals surface area contributed by atoms with Gasteiger partial charge in [-0.3, -0.25) is 0 Å². The first kappa shape index (κ1) is 61.4. The Labute approximate surface area is 75.1 Å². The summed E-state index contributed by atoms with van der Waals surface area (Å²) in [6, 6.07) is 0. The fourth-order valence-electron chi connectivity index (χ4n) is 0. The molecular formula is H9NO7Y. The SMILES string of the molecule is O.O.O.O.O=[N+]([O-])O.[Y]. The van der Waals surface area contributed by atoms with Gasteiger partial charge in [0.1, 0.15) is 0 Å². The van der Waals surface area contributed by atoms with Gasteiger partial charge in [-0.25, -0.2) is 0 Å². The van der Waals surface area contributed by atoms with E-state index in [0.717, 1.165) is 0 Å². The minimum atomic E-state index is -1.50. The molecule has 0 bridgehead atoms. The quantitative estimate of drug-likeness (QED) is 0.328. The van der Waals surface area contributed by atoms with Gasteiger partial charge in [-0.2, -0.15) is 0 Å². The van der Waals surface area contributed by atoms with Gasteiger partial charge in [0.2, 0.25) is 0 Å². The Bertz CT molecular complexity index is 31.9. The molecule has 0 rings (SSSR count). The van der Waals surface area contributed by atoms with E-state index in [1.165, 1.54) is 0 Å². The topological polar surface area (TPSA) is 189 Å². The van der Waals surface area contributed by atoms with Crippen molar-refractivity contribution in [2.24, 2.45) is 0 Å². The molecule has 9 heavy (non-hydrogen) atoms. The second-order valence-electron chi connectivity index (χ2n) is 0.238. The van der Waals surface area contributed by atoms with E-state index in [9.17, 15) is 0 Å². The maximum Gasteiger partial charge on any atom is 0.291 e. The van der Waals surface area contributed by atoms with E-state index in [2.05, 4.69) is 0 Å². The Morgan fingerprint density at radius 3 is 1.11 bits per heavy atom. The molecule has 9 N–H and O–H groups in total. The molecule has 0 saturated heterocycles. The number of rotatable bonds is 0. The summed E-state index contributed by atoms with van der Waals surface area (Å²) in [5.41, 5.74) is 0. The van der Waals surface area contributed by atoms with Crippen LogP contribution in [-0.2, 0) is 32.7 Å². The van der Waals surface area contributed by atoms with Crippen LogP contribution in [0.2, 0.25) is 0 Å². The van der Waals surface area contributed by atoms with Gasteiger partial charge in [-0.05, 0) is 0 Å². The fraction of sp³-hybridized carbons (Fsp3) is 0. The van der Waals surface area contributed by atoms with Gasteiger partial charge >= 0.3 is 0 Å². The van der Waals surface area contributed by atoms with Crippen molar-refractivity contribution >= 4 is 0 Å². The molecular weight excluding hydrogens is 215 g/mol. The molecule has 8 nitrogen and oxygen atoms in total. The Hall–Kier alpha value is 0.144. The summed E-state index contributed by atoms with van der Waals surface area (Å²) in [6.45, 7) is 0. The molecule has 0 aromatic rings. The predicted molar refractivity (Wildman–Crippen MR) is 23.2 cm³/mol. The molecule has 0 amide bonds. The first-order valence-electron chi connectivity index (χ1n) is 0.565. The van der Waals surface area contributed by atoms with Gasteiger partial charge in [0.25, 0.3) is 5.09 Å². The van der Waals surface area contributed by atoms with Crippen LogP contribution in [0.25, 0.3) is 0 Å². The number of hydrogen-bond donors (Lipinski definition) is 1. The van der Waals surface area contributed by atoms with E-state index in [1.54, 1.807) is 0 Å². The smallest absolute Gasteiger partial charge is 0.291 e. The first-order chi connectivity index (χ1) is 1.73. The molecule has 0 aromatic heterocycles. The molecule has 0 aliphatic heterocycles. The molecule has 0 atom stereocenters. The van der Waals surface area contributed by atoms with Crippen molar-refractivity contribution in [2.75, 3.05) is 0 Å². The van der Waals surface area contributed by atoms with Crippen LogP contribution in [0.1, 0.15) is 0 Å². The zero-order valence-electron chi connectivity index (χ0n) is 4.29. The first-order valence-corrected chi connectivity index (χ1v) is 0.565. The van der Waals surface area contributed by atoms with E-state index in [4.69, 9.17) is 15.3 Å². The zero-order chi connectivity index (χ0) is 3.58. The Kier molecular flexibility index (Phi) is 287. The molecule has 9 heteroatoms. The monoisotopic (exact) mass is 224 g/mol. The van der Waals surface area contributed by atoms with Crippen LogP contribution in [0.4, 0.5) is 0 Å². The Balaban J connectivity index is -0.00000000450. The van der Waals surface area contributed by atoms with Crippen molar-refractivity contribution in [3.05, 3.63) is 10.1 Å². The molecule has 0 fully saturated rings. The zero-order valence-corrected chi connectivity index (χ0v) is 7.13. The maximum atomic E-state index is 8.36. The van der Waals surface area contributed by atoms with E-state index < -0.39 is 5.09 Å². The second kappa shape index (κ2) is 42.1. The van der Waals surface area contributed by atoms with Gasteiger partial charge < -0.3 is 27.1 Å². The van der Waals surface area contributed by atoms with Crippen LogP contribution >= 0.6 is 0 Å². The Morgan fingerprint density at radius 2 is 1.11 bits per heavy atom. The predicted octanol–water partition coefficient (Wildman–Crippen LogP) is -3.65. The summed E-state index contributed by atoms with van der Waals surface area (Å²) < 4.78 is 0.